The van der Waals surface area contributed by atoms with E-state index in [0.717, 1.165) is 41.9 Å². The number of rotatable bonds is 4. The van der Waals surface area contributed by atoms with E-state index in [-0.39, 0.29) is 18.3 Å². The molecule has 3 aromatic heterocycles. The molecule has 7 heteroatoms. The van der Waals surface area contributed by atoms with Crippen molar-refractivity contribution in [3.8, 4) is 0 Å². The van der Waals surface area contributed by atoms with Crippen molar-refractivity contribution in [1.29, 1.82) is 0 Å². The standard InChI is InChI=1S/C16H19N5O2/c1-2-10-5-9(7-14(22)23)6-11(10)16-20-19-13-8-18-15-12(21(13)16)3-4-17-15/h3-4,8-11,17H,2,5-7H2,1H3,(H,22,23)/t9-,10+,11+/m0/s1. The Morgan fingerprint density at radius 2 is 2.30 bits per heavy atom. The van der Waals surface area contributed by atoms with Crippen LogP contribution >= 0.6 is 0 Å². The number of fused-ring (bicyclic) bond motifs is 3. The molecule has 0 bridgehead atoms. The van der Waals surface area contributed by atoms with Gasteiger partial charge in [0.1, 0.15) is 5.82 Å². The largest absolute Gasteiger partial charge is 0.481 e. The van der Waals surface area contributed by atoms with Gasteiger partial charge in [-0.1, -0.05) is 13.3 Å². The summed E-state index contributed by atoms with van der Waals surface area (Å²) < 4.78 is 2.06. The second-order valence-electron chi connectivity index (χ2n) is 6.43. The first-order valence-corrected chi connectivity index (χ1v) is 8.06. The fourth-order valence-electron chi connectivity index (χ4n) is 4.06. The lowest BCUT2D eigenvalue weighted by Crippen LogP contribution is -2.09. The Balaban J connectivity index is 1.78. The minimum Gasteiger partial charge on any atom is -0.481 e. The third-order valence-electron chi connectivity index (χ3n) is 5.08. The van der Waals surface area contributed by atoms with E-state index >= 15 is 0 Å². The summed E-state index contributed by atoms with van der Waals surface area (Å²) in [4.78, 5) is 18.5. The fraction of sp³-hybridized carbons (Fsp3) is 0.500. The van der Waals surface area contributed by atoms with Gasteiger partial charge in [0.2, 0.25) is 0 Å². The number of hydrogen-bond acceptors (Lipinski definition) is 4. The predicted molar refractivity (Wildman–Crippen MR) is 84.1 cm³/mol. The second-order valence-corrected chi connectivity index (χ2v) is 6.43. The average molecular weight is 313 g/mol. The highest BCUT2D eigenvalue weighted by Gasteiger charge is 2.37. The monoisotopic (exact) mass is 313 g/mol. The number of hydrogen-bond donors (Lipinski definition) is 2. The zero-order valence-electron chi connectivity index (χ0n) is 12.9. The lowest BCUT2D eigenvalue weighted by atomic mass is 9.93. The summed E-state index contributed by atoms with van der Waals surface area (Å²) >= 11 is 0. The molecule has 1 aliphatic carbocycles. The van der Waals surface area contributed by atoms with Gasteiger partial charge in [-0.3, -0.25) is 9.20 Å². The van der Waals surface area contributed by atoms with Crippen LogP contribution in [0.3, 0.4) is 0 Å². The number of nitrogens with zero attached hydrogens (tertiary/aromatic N) is 4. The Morgan fingerprint density at radius 1 is 1.43 bits per heavy atom. The molecule has 3 aromatic rings. The highest BCUT2D eigenvalue weighted by Crippen LogP contribution is 2.45. The Morgan fingerprint density at radius 3 is 3.09 bits per heavy atom. The summed E-state index contributed by atoms with van der Waals surface area (Å²) in [5.41, 5.74) is 2.52. The molecule has 0 spiro atoms. The van der Waals surface area contributed by atoms with Gasteiger partial charge in [0.25, 0.3) is 0 Å². The first kappa shape index (κ1) is 14.2. The molecule has 120 valence electrons. The van der Waals surface area contributed by atoms with Crippen LogP contribution in [0.4, 0.5) is 0 Å². The second kappa shape index (κ2) is 5.33. The lowest BCUT2D eigenvalue weighted by molar-refractivity contribution is -0.138. The minimum atomic E-state index is -0.714. The van der Waals surface area contributed by atoms with E-state index in [0.29, 0.717) is 5.92 Å². The predicted octanol–water partition coefficient (Wildman–Crippen LogP) is 2.60. The lowest BCUT2D eigenvalue weighted by Gasteiger charge is -2.16. The molecule has 1 aliphatic rings. The molecular weight excluding hydrogens is 294 g/mol. The highest BCUT2D eigenvalue weighted by atomic mass is 16.4. The van der Waals surface area contributed by atoms with Gasteiger partial charge in [-0.25, -0.2) is 4.98 Å². The van der Waals surface area contributed by atoms with Crippen LogP contribution in [0.15, 0.2) is 18.5 Å². The molecule has 0 saturated heterocycles. The van der Waals surface area contributed by atoms with Crippen molar-refractivity contribution in [3.05, 3.63) is 24.3 Å². The maximum atomic E-state index is 11.1. The van der Waals surface area contributed by atoms with E-state index in [2.05, 4.69) is 31.5 Å². The maximum Gasteiger partial charge on any atom is 0.303 e. The zero-order valence-corrected chi connectivity index (χ0v) is 12.9. The first-order chi connectivity index (χ1) is 11.2. The smallest absolute Gasteiger partial charge is 0.303 e. The van der Waals surface area contributed by atoms with E-state index in [9.17, 15) is 4.79 Å². The summed E-state index contributed by atoms with van der Waals surface area (Å²) in [5.74, 6) is 1.15. The summed E-state index contributed by atoms with van der Waals surface area (Å²) in [6.45, 7) is 2.16. The van der Waals surface area contributed by atoms with E-state index in [1.807, 2.05) is 12.3 Å². The van der Waals surface area contributed by atoms with Crippen LogP contribution in [0.2, 0.25) is 0 Å². The van der Waals surface area contributed by atoms with Crippen LogP contribution < -0.4 is 0 Å². The average Bonchev–Trinajstić information content (AvgIpc) is 3.22. The Labute approximate surface area is 132 Å². The number of carboxylic acid groups (broad SMARTS) is 1. The Bertz CT molecular complexity index is 868. The first-order valence-electron chi connectivity index (χ1n) is 8.06. The van der Waals surface area contributed by atoms with Gasteiger partial charge in [0.05, 0.1) is 11.7 Å². The van der Waals surface area contributed by atoms with Crippen LogP contribution in [0.5, 0.6) is 0 Å². The van der Waals surface area contributed by atoms with Crippen molar-refractivity contribution in [1.82, 2.24) is 24.6 Å². The normalized spacial score (nSPS) is 24.7. The van der Waals surface area contributed by atoms with Crippen LogP contribution in [0, 0.1) is 11.8 Å². The number of aliphatic carboxylic acids is 1. The van der Waals surface area contributed by atoms with E-state index in [1.165, 1.54) is 0 Å². The quantitative estimate of drug-likeness (QED) is 0.771. The van der Waals surface area contributed by atoms with Gasteiger partial charge in [-0.2, -0.15) is 0 Å². The van der Waals surface area contributed by atoms with E-state index in [4.69, 9.17) is 5.11 Å². The molecule has 1 saturated carbocycles. The zero-order chi connectivity index (χ0) is 16.0. The Hall–Kier alpha value is -2.44. The topological polar surface area (TPSA) is 96.2 Å². The molecule has 0 amide bonds. The van der Waals surface area contributed by atoms with Crippen LogP contribution in [0.1, 0.15) is 44.3 Å². The SMILES string of the molecule is CC[C@@H]1C[C@H](CC(=O)O)C[C@H]1c1nnc2cnc3[nH]ccc3n12. The summed E-state index contributed by atoms with van der Waals surface area (Å²) in [6.07, 6.45) is 6.66. The summed E-state index contributed by atoms with van der Waals surface area (Å²) in [6, 6.07) is 1.98. The molecule has 2 N–H and O–H groups in total. The van der Waals surface area contributed by atoms with Gasteiger partial charge >= 0.3 is 5.97 Å². The van der Waals surface area contributed by atoms with Gasteiger partial charge in [0.15, 0.2) is 11.3 Å². The van der Waals surface area contributed by atoms with Gasteiger partial charge in [0, 0.05) is 18.5 Å². The summed E-state index contributed by atoms with van der Waals surface area (Å²) in [5, 5.41) is 17.8. The molecule has 3 atom stereocenters. The maximum absolute atomic E-state index is 11.1. The third kappa shape index (κ3) is 2.27. The van der Waals surface area contributed by atoms with Crippen molar-refractivity contribution in [2.24, 2.45) is 11.8 Å². The van der Waals surface area contributed by atoms with Gasteiger partial charge < -0.3 is 10.1 Å². The molecule has 7 nitrogen and oxygen atoms in total. The number of aromatic nitrogens is 5. The molecular formula is C16H19N5O2. The van der Waals surface area contributed by atoms with E-state index in [1.54, 1.807) is 6.20 Å². The Kier molecular flexibility index (Phi) is 3.28. The molecule has 0 aromatic carbocycles. The number of aromatic amines is 1. The molecule has 1 fully saturated rings. The van der Waals surface area contributed by atoms with Crippen LogP contribution in [-0.4, -0.2) is 35.6 Å². The van der Waals surface area contributed by atoms with Crippen LogP contribution in [-0.2, 0) is 4.79 Å². The van der Waals surface area contributed by atoms with Crippen molar-refractivity contribution in [2.75, 3.05) is 0 Å². The van der Waals surface area contributed by atoms with Crippen molar-refractivity contribution >= 4 is 22.8 Å². The summed E-state index contributed by atoms with van der Waals surface area (Å²) in [7, 11) is 0. The molecule has 3 heterocycles. The number of nitrogens with one attached hydrogen (secondary N) is 1. The van der Waals surface area contributed by atoms with E-state index < -0.39 is 5.97 Å². The van der Waals surface area contributed by atoms with Crippen LogP contribution in [0.25, 0.3) is 16.8 Å². The number of carbonyl (C=O) groups is 1. The fourth-order valence-corrected chi connectivity index (χ4v) is 4.06. The number of H-pyrrole nitrogens is 1. The van der Waals surface area contributed by atoms with Crippen molar-refractivity contribution in [3.63, 3.8) is 0 Å². The minimum absolute atomic E-state index is 0.221. The van der Waals surface area contributed by atoms with Gasteiger partial charge in [-0.15, -0.1) is 10.2 Å². The molecule has 0 unspecified atom stereocenters. The molecule has 0 radical (unpaired) electrons. The molecule has 0 aliphatic heterocycles. The highest BCUT2D eigenvalue weighted by molar-refractivity contribution is 5.74. The third-order valence-corrected chi connectivity index (χ3v) is 5.08. The molecule has 4 rings (SSSR count). The van der Waals surface area contributed by atoms with Gasteiger partial charge in [-0.05, 0) is 30.7 Å². The van der Waals surface area contributed by atoms with Crippen molar-refractivity contribution < 1.29 is 9.90 Å². The number of carboxylic acids is 1. The van der Waals surface area contributed by atoms with Crippen molar-refractivity contribution in [2.45, 2.75) is 38.5 Å². The molecule has 23 heavy (non-hydrogen) atoms.